The predicted molar refractivity (Wildman–Crippen MR) is 44.4 cm³/mol. The van der Waals surface area contributed by atoms with Crippen LogP contribution in [0.5, 0.6) is 0 Å². The van der Waals surface area contributed by atoms with Crippen molar-refractivity contribution in [1.29, 1.82) is 0 Å². The topological polar surface area (TPSA) is 27.7 Å². The van der Waals surface area contributed by atoms with Crippen molar-refractivity contribution in [2.75, 3.05) is 19.8 Å². The molecule has 11 heavy (non-hydrogen) atoms. The Kier molecular flexibility index (Phi) is 14.1. The summed E-state index contributed by atoms with van der Waals surface area (Å²) in [5.41, 5.74) is 0. The summed E-state index contributed by atoms with van der Waals surface area (Å²) in [5.74, 6) is 0. The maximum atomic E-state index is 5.08. The molecule has 0 fully saturated rings. The van der Waals surface area contributed by atoms with Gasteiger partial charge in [0.05, 0.1) is 0 Å². The van der Waals surface area contributed by atoms with Gasteiger partial charge in [-0.15, -0.1) is 0 Å². The maximum Gasteiger partial charge on any atom is 0.271 e. The quantitative estimate of drug-likeness (QED) is 0.526. The Morgan fingerprint density at radius 3 is 1.27 bits per heavy atom. The van der Waals surface area contributed by atoms with Gasteiger partial charge in [0, 0.05) is 47.1 Å². The van der Waals surface area contributed by atoms with Crippen LogP contribution in [0.4, 0.5) is 0 Å². The standard InChI is InChI=1S/C7H16O3.Pb/c1-4-8-7(9-5-2)10-6-3;/h7H,4-6H2,1-3H3;. The molecule has 4 radical (unpaired) electrons. The molecule has 66 valence electrons. The van der Waals surface area contributed by atoms with Crippen LogP contribution in [0.2, 0.25) is 0 Å². The number of rotatable bonds is 6. The fourth-order valence-corrected chi connectivity index (χ4v) is 0.553. The third-order valence-electron chi connectivity index (χ3n) is 0.908. The van der Waals surface area contributed by atoms with Gasteiger partial charge in [0.25, 0.3) is 6.48 Å². The first-order valence-corrected chi connectivity index (χ1v) is 3.69. The van der Waals surface area contributed by atoms with Gasteiger partial charge in [-0.1, -0.05) is 0 Å². The molecule has 0 aliphatic rings. The Balaban J connectivity index is 0. The fraction of sp³-hybridized carbons (Fsp3) is 1.00. The van der Waals surface area contributed by atoms with Gasteiger partial charge in [0.1, 0.15) is 0 Å². The van der Waals surface area contributed by atoms with Crippen molar-refractivity contribution in [3.05, 3.63) is 0 Å². The van der Waals surface area contributed by atoms with Crippen LogP contribution >= 0.6 is 0 Å². The molecule has 3 nitrogen and oxygen atoms in total. The molecule has 0 heterocycles. The first-order chi connectivity index (χ1) is 4.85. The van der Waals surface area contributed by atoms with Gasteiger partial charge < -0.3 is 14.2 Å². The second kappa shape index (κ2) is 10.8. The van der Waals surface area contributed by atoms with E-state index in [-0.39, 0.29) is 27.3 Å². The van der Waals surface area contributed by atoms with Crippen molar-refractivity contribution in [3.8, 4) is 0 Å². The molecule has 0 atom stereocenters. The molecule has 0 saturated heterocycles. The van der Waals surface area contributed by atoms with Crippen molar-refractivity contribution >= 4 is 27.3 Å². The van der Waals surface area contributed by atoms with E-state index in [4.69, 9.17) is 14.2 Å². The van der Waals surface area contributed by atoms with Crippen LogP contribution in [0.3, 0.4) is 0 Å². The number of hydrogen-bond donors (Lipinski definition) is 0. The third kappa shape index (κ3) is 8.71. The summed E-state index contributed by atoms with van der Waals surface area (Å²) in [5, 5.41) is 0. The first-order valence-electron chi connectivity index (χ1n) is 3.69. The van der Waals surface area contributed by atoms with Gasteiger partial charge in [0.2, 0.25) is 0 Å². The zero-order valence-electron chi connectivity index (χ0n) is 7.42. The van der Waals surface area contributed by atoms with Crippen molar-refractivity contribution < 1.29 is 14.2 Å². The van der Waals surface area contributed by atoms with Gasteiger partial charge >= 0.3 is 0 Å². The summed E-state index contributed by atoms with van der Waals surface area (Å²) in [6.07, 6.45) is 0. The van der Waals surface area contributed by atoms with Crippen molar-refractivity contribution in [3.63, 3.8) is 0 Å². The summed E-state index contributed by atoms with van der Waals surface area (Å²) in [4.78, 5) is 0. The van der Waals surface area contributed by atoms with E-state index < -0.39 is 6.48 Å². The summed E-state index contributed by atoms with van der Waals surface area (Å²) in [6.45, 7) is 7.10. The van der Waals surface area contributed by atoms with Crippen molar-refractivity contribution in [2.45, 2.75) is 27.2 Å². The van der Waals surface area contributed by atoms with Crippen LogP contribution in [0.1, 0.15) is 20.8 Å². The molecule has 0 unspecified atom stereocenters. The minimum absolute atomic E-state index is 0. The van der Waals surface area contributed by atoms with E-state index >= 15 is 0 Å². The van der Waals surface area contributed by atoms with Gasteiger partial charge in [-0.2, -0.15) is 0 Å². The molecular formula is C7H16O3Pb. The Morgan fingerprint density at radius 2 is 1.09 bits per heavy atom. The maximum absolute atomic E-state index is 5.08. The van der Waals surface area contributed by atoms with Crippen LogP contribution in [0.15, 0.2) is 0 Å². The number of hydrogen-bond acceptors (Lipinski definition) is 3. The van der Waals surface area contributed by atoms with E-state index in [1.54, 1.807) is 0 Å². The summed E-state index contributed by atoms with van der Waals surface area (Å²) >= 11 is 0. The van der Waals surface area contributed by atoms with E-state index in [0.717, 1.165) is 0 Å². The van der Waals surface area contributed by atoms with Crippen LogP contribution in [-0.4, -0.2) is 53.6 Å². The smallest absolute Gasteiger partial charge is 0.271 e. The zero-order chi connectivity index (χ0) is 7.82. The molecule has 0 N–H and O–H groups in total. The van der Waals surface area contributed by atoms with Crippen molar-refractivity contribution in [2.24, 2.45) is 0 Å². The molecule has 0 aromatic carbocycles. The van der Waals surface area contributed by atoms with E-state index in [2.05, 4.69) is 0 Å². The van der Waals surface area contributed by atoms with Crippen molar-refractivity contribution in [1.82, 2.24) is 0 Å². The van der Waals surface area contributed by atoms with Crippen LogP contribution in [0, 0.1) is 0 Å². The Morgan fingerprint density at radius 1 is 0.818 bits per heavy atom. The Bertz CT molecular complexity index is 56.4. The Labute approximate surface area is 88.6 Å². The molecule has 0 bridgehead atoms. The van der Waals surface area contributed by atoms with E-state index in [1.807, 2.05) is 20.8 Å². The third-order valence-corrected chi connectivity index (χ3v) is 0.908. The molecular weight excluding hydrogens is 339 g/mol. The average Bonchev–Trinajstić information content (AvgIpc) is 1.90. The van der Waals surface area contributed by atoms with E-state index in [1.165, 1.54) is 0 Å². The molecule has 0 amide bonds. The molecule has 0 aromatic rings. The van der Waals surface area contributed by atoms with Crippen LogP contribution in [0.25, 0.3) is 0 Å². The summed E-state index contributed by atoms with van der Waals surface area (Å²) in [7, 11) is 0. The molecule has 0 rings (SSSR count). The summed E-state index contributed by atoms with van der Waals surface area (Å²) < 4.78 is 15.2. The average molecular weight is 355 g/mol. The monoisotopic (exact) mass is 356 g/mol. The van der Waals surface area contributed by atoms with Crippen LogP contribution < -0.4 is 0 Å². The minimum Gasteiger partial charge on any atom is -0.330 e. The number of ether oxygens (including phenoxy) is 3. The van der Waals surface area contributed by atoms with Gasteiger partial charge in [-0.3, -0.25) is 0 Å². The SMILES string of the molecule is CCOC(OCC)OCC.[Pb]. The van der Waals surface area contributed by atoms with E-state index in [9.17, 15) is 0 Å². The molecule has 0 aliphatic heterocycles. The zero-order valence-corrected chi connectivity index (χ0v) is 11.3. The Hall–Kier alpha value is 0.802. The second-order valence-corrected chi connectivity index (χ2v) is 1.65. The molecule has 4 heteroatoms. The van der Waals surface area contributed by atoms with Gasteiger partial charge in [0.15, 0.2) is 0 Å². The van der Waals surface area contributed by atoms with Crippen LogP contribution in [-0.2, 0) is 14.2 Å². The normalized spacial score (nSPS) is 9.82. The fourth-order valence-electron chi connectivity index (χ4n) is 0.553. The molecule has 0 spiro atoms. The molecule has 0 aliphatic carbocycles. The van der Waals surface area contributed by atoms with E-state index in [0.29, 0.717) is 19.8 Å². The predicted octanol–water partition coefficient (Wildman–Crippen LogP) is 0.999. The molecule has 0 saturated carbocycles. The van der Waals surface area contributed by atoms with Gasteiger partial charge in [-0.25, -0.2) is 0 Å². The summed E-state index contributed by atoms with van der Waals surface area (Å²) in [6, 6.07) is 0. The second-order valence-electron chi connectivity index (χ2n) is 1.65. The minimum atomic E-state index is -0.472. The van der Waals surface area contributed by atoms with Gasteiger partial charge in [-0.05, 0) is 20.8 Å². The molecule has 0 aromatic heterocycles. The first kappa shape index (κ1) is 14.3. The largest absolute Gasteiger partial charge is 0.330 e.